The topological polar surface area (TPSA) is 15.3 Å². The predicted molar refractivity (Wildman–Crippen MR) is 76.7 cm³/mol. The summed E-state index contributed by atoms with van der Waals surface area (Å²) in [5.41, 5.74) is 0.278. The van der Waals surface area contributed by atoms with Crippen LogP contribution in [0.15, 0.2) is 0 Å². The van der Waals surface area contributed by atoms with Crippen molar-refractivity contribution in [1.29, 1.82) is 0 Å². The molecule has 1 heterocycles. The summed E-state index contributed by atoms with van der Waals surface area (Å²) < 4.78 is 0. The smallest absolute Gasteiger partial charge is 0.0126 e. The fourth-order valence-corrected chi connectivity index (χ4v) is 4.44. The third-order valence-electron chi connectivity index (χ3n) is 5.41. The molecule has 0 aromatic rings. The zero-order chi connectivity index (χ0) is 12.8. The molecule has 0 aromatic carbocycles. The summed E-state index contributed by atoms with van der Waals surface area (Å²) >= 11 is 0. The van der Waals surface area contributed by atoms with Gasteiger partial charge in [0.05, 0.1) is 0 Å². The van der Waals surface area contributed by atoms with Crippen LogP contribution in [0, 0.1) is 17.8 Å². The van der Waals surface area contributed by atoms with E-state index >= 15 is 0 Å². The van der Waals surface area contributed by atoms with E-state index < -0.39 is 0 Å². The molecule has 2 nitrogen and oxygen atoms in total. The lowest BCUT2D eigenvalue weighted by molar-refractivity contribution is 0.169. The van der Waals surface area contributed by atoms with Crippen LogP contribution in [0.1, 0.15) is 52.9 Å². The van der Waals surface area contributed by atoms with E-state index in [-0.39, 0.29) is 5.54 Å². The van der Waals surface area contributed by atoms with E-state index in [9.17, 15) is 0 Å². The fourth-order valence-electron chi connectivity index (χ4n) is 4.44. The lowest BCUT2D eigenvalue weighted by Gasteiger charge is -2.31. The maximum Gasteiger partial charge on any atom is 0.0126 e. The van der Waals surface area contributed by atoms with Crippen LogP contribution < -0.4 is 5.32 Å². The van der Waals surface area contributed by atoms with Gasteiger partial charge in [-0.05, 0) is 77.3 Å². The summed E-state index contributed by atoms with van der Waals surface area (Å²) in [7, 11) is 0. The van der Waals surface area contributed by atoms with E-state index in [1.807, 2.05) is 0 Å². The van der Waals surface area contributed by atoms with Gasteiger partial charge in [-0.3, -0.25) is 4.90 Å². The van der Waals surface area contributed by atoms with Crippen molar-refractivity contribution in [1.82, 2.24) is 10.2 Å². The molecule has 4 atom stereocenters. The molecule has 4 unspecified atom stereocenters. The summed E-state index contributed by atoms with van der Waals surface area (Å²) in [5.74, 6) is 3.04. The van der Waals surface area contributed by atoms with Gasteiger partial charge < -0.3 is 5.32 Å². The molecule has 0 radical (unpaired) electrons. The van der Waals surface area contributed by atoms with E-state index in [0.29, 0.717) is 0 Å². The van der Waals surface area contributed by atoms with Crippen LogP contribution in [0.2, 0.25) is 0 Å². The number of nitrogens with zero attached hydrogens (tertiary/aromatic N) is 1. The first-order chi connectivity index (χ1) is 8.51. The molecule has 2 bridgehead atoms. The fraction of sp³-hybridized carbons (Fsp3) is 1.00. The SMILES string of the molecule is CC(C)(C)NCC1CCN(C2CC3CCC2C3)C1. The Balaban J connectivity index is 1.47. The average Bonchev–Trinajstić information content (AvgIpc) is 3.01. The van der Waals surface area contributed by atoms with Gasteiger partial charge >= 0.3 is 0 Å². The molecule has 1 saturated heterocycles. The molecular weight excluding hydrogens is 220 g/mol. The molecule has 0 spiro atoms. The second-order valence-electron chi connectivity index (χ2n) is 8.02. The molecule has 18 heavy (non-hydrogen) atoms. The average molecular weight is 250 g/mol. The van der Waals surface area contributed by atoms with Crippen molar-refractivity contribution in [2.75, 3.05) is 19.6 Å². The molecule has 0 aromatic heterocycles. The van der Waals surface area contributed by atoms with Gasteiger partial charge in [0, 0.05) is 18.1 Å². The third-order valence-corrected chi connectivity index (χ3v) is 5.41. The molecule has 2 heteroatoms. The van der Waals surface area contributed by atoms with Crippen LogP contribution in [-0.4, -0.2) is 36.1 Å². The second-order valence-corrected chi connectivity index (χ2v) is 8.02. The molecule has 3 fully saturated rings. The van der Waals surface area contributed by atoms with Crippen molar-refractivity contribution < 1.29 is 0 Å². The molecular formula is C16H30N2. The highest BCUT2D eigenvalue weighted by Crippen LogP contribution is 2.47. The Morgan fingerprint density at radius 1 is 1.11 bits per heavy atom. The predicted octanol–water partition coefficient (Wildman–Crippen LogP) is 2.89. The van der Waals surface area contributed by atoms with Gasteiger partial charge in [-0.2, -0.15) is 0 Å². The van der Waals surface area contributed by atoms with Gasteiger partial charge in [-0.1, -0.05) is 6.42 Å². The summed E-state index contributed by atoms with van der Waals surface area (Å²) in [6.45, 7) is 10.8. The molecule has 1 aliphatic heterocycles. The van der Waals surface area contributed by atoms with Gasteiger partial charge in [0.1, 0.15) is 0 Å². The first-order valence-corrected chi connectivity index (χ1v) is 8.00. The molecule has 3 rings (SSSR count). The minimum absolute atomic E-state index is 0.278. The highest BCUT2D eigenvalue weighted by atomic mass is 15.2. The van der Waals surface area contributed by atoms with E-state index in [0.717, 1.165) is 23.8 Å². The Morgan fingerprint density at radius 3 is 2.56 bits per heavy atom. The molecule has 0 amide bonds. The summed E-state index contributed by atoms with van der Waals surface area (Å²) in [6, 6.07) is 0.961. The second kappa shape index (κ2) is 4.79. The Kier molecular flexibility index (Phi) is 3.44. The monoisotopic (exact) mass is 250 g/mol. The number of fused-ring (bicyclic) bond motifs is 2. The Bertz CT molecular complexity index is 294. The van der Waals surface area contributed by atoms with Crippen LogP contribution >= 0.6 is 0 Å². The standard InChI is InChI=1S/C16H30N2/c1-16(2,3)17-10-13-6-7-18(11-13)15-9-12-4-5-14(15)8-12/h12-15,17H,4-11H2,1-3H3. The molecule has 104 valence electrons. The lowest BCUT2D eigenvalue weighted by atomic mass is 9.94. The Hall–Kier alpha value is -0.0800. The molecule has 2 saturated carbocycles. The maximum atomic E-state index is 3.68. The number of nitrogens with one attached hydrogen (secondary N) is 1. The Labute approximate surface area is 113 Å². The van der Waals surface area contributed by atoms with Crippen molar-refractivity contribution in [3.63, 3.8) is 0 Å². The number of hydrogen-bond donors (Lipinski definition) is 1. The molecule has 2 aliphatic carbocycles. The van der Waals surface area contributed by atoms with Gasteiger partial charge in [0.25, 0.3) is 0 Å². The molecule has 3 aliphatic rings. The van der Waals surface area contributed by atoms with Crippen molar-refractivity contribution in [2.24, 2.45) is 17.8 Å². The summed E-state index contributed by atoms with van der Waals surface area (Å²) in [5, 5.41) is 3.68. The van der Waals surface area contributed by atoms with Gasteiger partial charge in [-0.15, -0.1) is 0 Å². The zero-order valence-corrected chi connectivity index (χ0v) is 12.4. The maximum absolute atomic E-state index is 3.68. The normalized spacial score (nSPS) is 40.8. The van der Waals surface area contributed by atoms with Crippen molar-refractivity contribution in [3.05, 3.63) is 0 Å². The van der Waals surface area contributed by atoms with E-state index in [2.05, 4.69) is 31.0 Å². The largest absolute Gasteiger partial charge is 0.312 e. The minimum Gasteiger partial charge on any atom is -0.312 e. The highest BCUT2D eigenvalue weighted by molar-refractivity contribution is 4.97. The van der Waals surface area contributed by atoms with Gasteiger partial charge in [0.2, 0.25) is 0 Å². The van der Waals surface area contributed by atoms with Crippen LogP contribution in [0.3, 0.4) is 0 Å². The van der Waals surface area contributed by atoms with E-state index in [1.54, 1.807) is 6.42 Å². The lowest BCUT2D eigenvalue weighted by Crippen LogP contribution is -2.41. The van der Waals surface area contributed by atoms with Crippen LogP contribution in [0.4, 0.5) is 0 Å². The summed E-state index contributed by atoms with van der Waals surface area (Å²) in [4.78, 5) is 2.83. The van der Waals surface area contributed by atoms with Crippen molar-refractivity contribution in [3.8, 4) is 0 Å². The van der Waals surface area contributed by atoms with E-state index in [1.165, 1.54) is 45.3 Å². The number of likely N-dealkylation sites (tertiary alicyclic amines) is 1. The van der Waals surface area contributed by atoms with Crippen molar-refractivity contribution in [2.45, 2.75) is 64.5 Å². The third kappa shape index (κ3) is 2.75. The van der Waals surface area contributed by atoms with Crippen LogP contribution in [0.25, 0.3) is 0 Å². The van der Waals surface area contributed by atoms with E-state index in [4.69, 9.17) is 0 Å². The van der Waals surface area contributed by atoms with Gasteiger partial charge in [0.15, 0.2) is 0 Å². The quantitative estimate of drug-likeness (QED) is 0.828. The van der Waals surface area contributed by atoms with Crippen molar-refractivity contribution >= 4 is 0 Å². The van der Waals surface area contributed by atoms with Crippen LogP contribution in [-0.2, 0) is 0 Å². The molecule has 1 N–H and O–H groups in total. The first kappa shape index (κ1) is 12.9. The van der Waals surface area contributed by atoms with Gasteiger partial charge in [-0.25, -0.2) is 0 Å². The first-order valence-electron chi connectivity index (χ1n) is 8.00. The highest BCUT2D eigenvalue weighted by Gasteiger charge is 2.43. The summed E-state index contributed by atoms with van der Waals surface area (Å²) in [6.07, 6.45) is 7.54. The zero-order valence-electron chi connectivity index (χ0n) is 12.4. The number of hydrogen-bond acceptors (Lipinski definition) is 2. The minimum atomic E-state index is 0.278. The van der Waals surface area contributed by atoms with Crippen LogP contribution in [0.5, 0.6) is 0 Å². The Morgan fingerprint density at radius 2 is 1.94 bits per heavy atom. The number of rotatable bonds is 3.